The first-order valence-corrected chi connectivity index (χ1v) is 7.06. The van der Waals surface area contributed by atoms with Gasteiger partial charge in [0.05, 0.1) is 13.7 Å². The quantitative estimate of drug-likeness (QED) is 0.840. The van der Waals surface area contributed by atoms with Gasteiger partial charge in [-0.25, -0.2) is 0 Å². The van der Waals surface area contributed by atoms with Gasteiger partial charge in [-0.1, -0.05) is 6.07 Å². The maximum Gasteiger partial charge on any atom is 0.163 e. The highest BCUT2D eigenvalue weighted by Gasteiger charge is 2.33. The van der Waals surface area contributed by atoms with E-state index < -0.39 is 12.2 Å². The first kappa shape index (κ1) is 15.2. The number of hydrogen-bond donors (Lipinski definition) is 2. The molecule has 0 aromatic heterocycles. The molecule has 0 fully saturated rings. The summed E-state index contributed by atoms with van der Waals surface area (Å²) in [5.74, 6) is 1.21. The van der Waals surface area contributed by atoms with E-state index in [0.717, 1.165) is 6.29 Å². The average molecular weight is 316 g/mol. The zero-order valence-electron chi connectivity index (χ0n) is 12.4. The lowest BCUT2D eigenvalue weighted by atomic mass is 10.0. The van der Waals surface area contributed by atoms with Crippen molar-refractivity contribution in [3.8, 4) is 23.0 Å². The van der Waals surface area contributed by atoms with E-state index in [1.807, 2.05) is 0 Å². The van der Waals surface area contributed by atoms with Crippen molar-refractivity contribution in [2.24, 2.45) is 0 Å². The van der Waals surface area contributed by atoms with Crippen molar-refractivity contribution in [1.29, 1.82) is 0 Å². The number of methoxy groups -OCH3 is 1. The molecule has 0 spiro atoms. The molecule has 0 bridgehead atoms. The number of aliphatic hydroxyl groups excluding tert-OH is 1. The highest BCUT2D eigenvalue weighted by atomic mass is 16.6. The number of aromatic hydroxyl groups is 1. The lowest BCUT2D eigenvalue weighted by molar-refractivity contribution is -0.0124. The van der Waals surface area contributed by atoms with E-state index in [0.29, 0.717) is 28.4 Å². The second-order valence-electron chi connectivity index (χ2n) is 5.13. The summed E-state index contributed by atoms with van der Waals surface area (Å²) >= 11 is 0. The van der Waals surface area contributed by atoms with Crippen molar-refractivity contribution in [3.05, 3.63) is 47.5 Å². The predicted octanol–water partition coefficient (Wildman–Crippen LogP) is 2.09. The molecule has 0 saturated carbocycles. The Bertz CT molecular complexity index is 727. The van der Waals surface area contributed by atoms with Crippen LogP contribution in [0.5, 0.6) is 23.0 Å². The molecule has 2 N–H and O–H groups in total. The maximum atomic E-state index is 10.9. The fraction of sp³-hybridized carbons (Fsp3) is 0.235. The number of aliphatic hydroxyl groups is 1. The minimum atomic E-state index is -0.612. The number of carbonyl (C=O) groups is 1. The predicted molar refractivity (Wildman–Crippen MR) is 81.4 cm³/mol. The fourth-order valence-electron chi connectivity index (χ4n) is 2.51. The van der Waals surface area contributed by atoms with Crippen molar-refractivity contribution in [2.45, 2.75) is 12.2 Å². The van der Waals surface area contributed by atoms with E-state index in [4.69, 9.17) is 14.2 Å². The number of phenolic OH excluding ortho intramolecular Hbond substituents is 1. The van der Waals surface area contributed by atoms with Crippen LogP contribution < -0.4 is 14.2 Å². The van der Waals surface area contributed by atoms with Gasteiger partial charge in [-0.05, 0) is 30.3 Å². The smallest absolute Gasteiger partial charge is 0.163 e. The Kier molecular flexibility index (Phi) is 4.08. The molecule has 120 valence electrons. The standard InChI is InChI=1S/C17H16O6/c1-21-14-7-11(3-4-12(14)20)17-16(9-19)22-13-5-2-10(8-18)6-15(13)23-17/h2-8,16-17,19-20H,9H2,1H3/t16-,17-/m0/s1. The zero-order valence-corrected chi connectivity index (χ0v) is 12.4. The van der Waals surface area contributed by atoms with Gasteiger partial charge in [0.1, 0.15) is 6.29 Å². The molecule has 6 heteroatoms. The molecule has 1 heterocycles. The number of ether oxygens (including phenoxy) is 3. The normalized spacial score (nSPS) is 19.2. The van der Waals surface area contributed by atoms with Crippen LogP contribution in [0.2, 0.25) is 0 Å². The summed E-state index contributed by atoms with van der Waals surface area (Å²) in [7, 11) is 1.45. The van der Waals surface area contributed by atoms with E-state index >= 15 is 0 Å². The van der Waals surface area contributed by atoms with Gasteiger partial charge in [-0.3, -0.25) is 4.79 Å². The summed E-state index contributed by atoms with van der Waals surface area (Å²) in [6, 6.07) is 9.62. The molecule has 2 aromatic carbocycles. The summed E-state index contributed by atoms with van der Waals surface area (Å²) in [6.45, 7) is -0.247. The number of aldehydes is 1. The summed E-state index contributed by atoms with van der Waals surface area (Å²) in [5, 5.41) is 19.3. The van der Waals surface area contributed by atoms with Crippen LogP contribution in [0.15, 0.2) is 36.4 Å². The van der Waals surface area contributed by atoms with Crippen LogP contribution in [0.1, 0.15) is 22.0 Å². The van der Waals surface area contributed by atoms with E-state index in [9.17, 15) is 15.0 Å². The van der Waals surface area contributed by atoms with E-state index in [1.54, 1.807) is 30.3 Å². The van der Waals surface area contributed by atoms with Gasteiger partial charge < -0.3 is 24.4 Å². The van der Waals surface area contributed by atoms with E-state index in [-0.39, 0.29) is 12.4 Å². The summed E-state index contributed by atoms with van der Waals surface area (Å²) < 4.78 is 16.8. The van der Waals surface area contributed by atoms with Crippen LogP contribution in [0, 0.1) is 0 Å². The number of hydrogen-bond acceptors (Lipinski definition) is 6. The van der Waals surface area contributed by atoms with Crippen LogP contribution in [0.25, 0.3) is 0 Å². The Morgan fingerprint density at radius 1 is 1.17 bits per heavy atom. The van der Waals surface area contributed by atoms with Crippen molar-refractivity contribution < 1.29 is 29.2 Å². The third kappa shape index (κ3) is 2.80. The topological polar surface area (TPSA) is 85.2 Å². The molecule has 0 amide bonds. The van der Waals surface area contributed by atoms with Crippen LogP contribution >= 0.6 is 0 Å². The fourth-order valence-corrected chi connectivity index (χ4v) is 2.51. The van der Waals surface area contributed by atoms with Crippen LogP contribution in [0.4, 0.5) is 0 Å². The second-order valence-corrected chi connectivity index (χ2v) is 5.13. The van der Waals surface area contributed by atoms with Gasteiger partial charge in [0.2, 0.25) is 0 Å². The minimum absolute atomic E-state index is 0.0113. The third-order valence-corrected chi connectivity index (χ3v) is 3.69. The highest BCUT2D eigenvalue weighted by Crippen LogP contribution is 2.41. The molecule has 23 heavy (non-hydrogen) atoms. The van der Waals surface area contributed by atoms with Crippen molar-refractivity contribution in [3.63, 3.8) is 0 Å². The third-order valence-electron chi connectivity index (χ3n) is 3.69. The molecule has 1 aliphatic rings. The highest BCUT2D eigenvalue weighted by molar-refractivity contribution is 5.76. The van der Waals surface area contributed by atoms with Gasteiger partial charge in [-0.2, -0.15) is 0 Å². The molecule has 2 aromatic rings. The van der Waals surface area contributed by atoms with Gasteiger partial charge >= 0.3 is 0 Å². The summed E-state index contributed by atoms with van der Waals surface area (Å²) in [4.78, 5) is 10.9. The van der Waals surface area contributed by atoms with Gasteiger partial charge in [0.15, 0.2) is 35.2 Å². The molecule has 0 aliphatic carbocycles. The molecular formula is C17H16O6. The number of fused-ring (bicyclic) bond motifs is 1. The van der Waals surface area contributed by atoms with E-state index in [1.165, 1.54) is 13.2 Å². The van der Waals surface area contributed by atoms with Gasteiger partial charge in [0.25, 0.3) is 0 Å². The summed E-state index contributed by atoms with van der Waals surface area (Å²) in [5.41, 5.74) is 1.15. The van der Waals surface area contributed by atoms with E-state index in [2.05, 4.69) is 0 Å². The SMILES string of the molecule is COc1cc([C@@H]2Oc3cc(C=O)ccc3O[C@H]2CO)ccc1O. The number of carbonyl (C=O) groups excluding carboxylic acids is 1. The Hall–Kier alpha value is -2.73. The molecule has 2 atom stereocenters. The molecule has 0 unspecified atom stereocenters. The van der Waals surface area contributed by atoms with Crippen molar-refractivity contribution in [1.82, 2.24) is 0 Å². The number of rotatable bonds is 4. The lowest BCUT2D eigenvalue weighted by Gasteiger charge is -2.33. The number of phenols is 1. The summed E-state index contributed by atoms with van der Waals surface area (Å²) in [6.07, 6.45) is -0.483. The monoisotopic (exact) mass is 316 g/mol. The van der Waals surface area contributed by atoms with Gasteiger partial charge in [0, 0.05) is 11.1 Å². The van der Waals surface area contributed by atoms with Crippen molar-refractivity contribution in [2.75, 3.05) is 13.7 Å². The molecule has 1 aliphatic heterocycles. The Balaban J connectivity index is 1.99. The minimum Gasteiger partial charge on any atom is -0.504 e. The maximum absolute atomic E-state index is 10.9. The molecule has 6 nitrogen and oxygen atoms in total. The number of benzene rings is 2. The second kappa shape index (κ2) is 6.18. The van der Waals surface area contributed by atoms with Crippen molar-refractivity contribution >= 4 is 6.29 Å². The zero-order chi connectivity index (χ0) is 16.4. The Labute approximate surface area is 132 Å². The average Bonchev–Trinajstić information content (AvgIpc) is 2.60. The lowest BCUT2D eigenvalue weighted by Crippen LogP contribution is -2.36. The van der Waals surface area contributed by atoms with Crippen LogP contribution in [-0.2, 0) is 0 Å². The Morgan fingerprint density at radius 3 is 2.70 bits per heavy atom. The molecule has 3 rings (SSSR count). The van der Waals surface area contributed by atoms with Crippen LogP contribution in [0.3, 0.4) is 0 Å². The Morgan fingerprint density at radius 2 is 2.00 bits per heavy atom. The first-order valence-electron chi connectivity index (χ1n) is 7.06. The van der Waals surface area contributed by atoms with Crippen LogP contribution in [-0.4, -0.2) is 36.3 Å². The molecular weight excluding hydrogens is 300 g/mol. The molecule has 0 saturated heterocycles. The largest absolute Gasteiger partial charge is 0.504 e. The first-order chi connectivity index (χ1) is 11.2. The van der Waals surface area contributed by atoms with Gasteiger partial charge in [-0.15, -0.1) is 0 Å². The molecule has 0 radical (unpaired) electrons.